The summed E-state index contributed by atoms with van der Waals surface area (Å²) < 4.78 is 23.2. The first-order valence-corrected chi connectivity index (χ1v) is 13.2. The Labute approximate surface area is 220 Å². The zero-order chi connectivity index (χ0) is 27.7. The maximum atomic E-state index is 12.8. The Morgan fingerprint density at radius 1 is 1.19 bits per heavy atom. The molecule has 0 aromatic heterocycles. The Morgan fingerprint density at radius 3 is 2.41 bits per heavy atom. The first-order valence-electron chi connectivity index (χ1n) is 13.2. The van der Waals surface area contributed by atoms with Crippen molar-refractivity contribution in [2.45, 2.75) is 98.9 Å². The van der Waals surface area contributed by atoms with E-state index in [1.165, 1.54) is 13.8 Å². The summed E-state index contributed by atoms with van der Waals surface area (Å²) >= 11 is 0. The van der Waals surface area contributed by atoms with Crippen molar-refractivity contribution in [2.24, 2.45) is 28.6 Å². The number of hydrogen-bond acceptors (Lipinski definition) is 8. The van der Waals surface area contributed by atoms with Gasteiger partial charge in [0, 0.05) is 19.4 Å². The minimum absolute atomic E-state index is 0.0722. The topological polar surface area (TPSA) is 108 Å². The number of carbonyl (C=O) groups excluding carboxylic acids is 3. The smallest absolute Gasteiger partial charge is 0.309 e. The molecule has 2 aliphatic carbocycles. The van der Waals surface area contributed by atoms with Crippen molar-refractivity contribution in [1.82, 2.24) is 0 Å². The zero-order valence-electron chi connectivity index (χ0n) is 23.1. The Morgan fingerprint density at radius 2 is 1.84 bits per heavy atom. The highest BCUT2D eigenvalue weighted by molar-refractivity contribution is 5.72. The van der Waals surface area contributed by atoms with Crippen LogP contribution in [0.4, 0.5) is 0 Å². The van der Waals surface area contributed by atoms with E-state index in [1.54, 1.807) is 12.2 Å². The number of rotatable bonds is 8. The molecule has 0 aromatic rings. The quantitative estimate of drug-likeness (QED) is 0.215. The molecule has 8 nitrogen and oxygen atoms in total. The van der Waals surface area contributed by atoms with Gasteiger partial charge in [-0.15, -0.1) is 0 Å². The van der Waals surface area contributed by atoms with Crippen molar-refractivity contribution in [2.75, 3.05) is 0 Å². The van der Waals surface area contributed by atoms with Crippen LogP contribution in [0.2, 0.25) is 0 Å². The van der Waals surface area contributed by atoms with Crippen LogP contribution >= 0.6 is 0 Å². The molecule has 1 saturated heterocycles. The van der Waals surface area contributed by atoms with E-state index in [2.05, 4.69) is 26.5 Å². The van der Waals surface area contributed by atoms with Crippen LogP contribution in [0, 0.1) is 28.6 Å². The molecule has 206 valence electrons. The summed E-state index contributed by atoms with van der Waals surface area (Å²) in [5.41, 5.74) is -0.0572. The molecule has 1 saturated carbocycles. The predicted octanol–water partition coefficient (Wildman–Crippen LogP) is 4.62. The Balaban J connectivity index is 2.21. The molecule has 0 aromatic carbocycles. The highest BCUT2D eigenvalue weighted by Gasteiger charge is 2.71. The van der Waals surface area contributed by atoms with E-state index in [0.29, 0.717) is 31.3 Å². The van der Waals surface area contributed by atoms with Gasteiger partial charge in [0.15, 0.2) is 0 Å². The summed E-state index contributed by atoms with van der Waals surface area (Å²) in [7, 11) is 0. The van der Waals surface area contributed by atoms with Gasteiger partial charge < -0.3 is 19.3 Å². The van der Waals surface area contributed by atoms with Crippen molar-refractivity contribution < 1.29 is 38.4 Å². The van der Waals surface area contributed by atoms with Crippen molar-refractivity contribution in [3.05, 3.63) is 36.0 Å². The second-order valence-electron chi connectivity index (χ2n) is 11.2. The van der Waals surface area contributed by atoms with Crippen LogP contribution < -0.4 is 0 Å². The SMILES string of the molecule is C=C/C(C)=C\C[C@]1(C)[C@H](C)C[C@H](O)[C@@]23C(=C[C@H](OC(=O)[C@@H](C)CC)C[C@@H]12)[C@@H](OC(C)=O)O[C@H]3OC(C)=O. The molecule has 1 N–H and O–H groups in total. The van der Waals surface area contributed by atoms with Crippen LogP contribution in [0.15, 0.2) is 36.0 Å². The number of allylic oxidation sites excluding steroid dienone is 3. The van der Waals surface area contributed by atoms with E-state index >= 15 is 0 Å². The van der Waals surface area contributed by atoms with Gasteiger partial charge in [0.25, 0.3) is 0 Å². The molecule has 3 aliphatic rings. The predicted molar refractivity (Wildman–Crippen MR) is 137 cm³/mol. The molecule has 0 radical (unpaired) electrons. The maximum Gasteiger partial charge on any atom is 0.309 e. The third kappa shape index (κ3) is 5.28. The highest BCUT2D eigenvalue weighted by Crippen LogP contribution is 2.67. The van der Waals surface area contributed by atoms with E-state index in [1.807, 2.05) is 20.8 Å². The summed E-state index contributed by atoms with van der Waals surface area (Å²) in [6.45, 7) is 16.4. The van der Waals surface area contributed by atoms with E-state index < -0.39 is 47.6 Å². The number of aliphatic hydroxyl groups is 1. The van der Waals surface area contributed by atoms with E-state index in [-0.39, 0.29) is 23.7 Å². The zero-order valence-corrected chi connectivity index (χ0v) is 23.1. The highest BCUT2D eigenvalue weighted by atomic mass is 16.8. The van der Waals surface area contributed by atoms with Crippen molar-refractivity contribution in [1.29, 1.82) is 0 Å². The van der Waals surface area contributed by atoms with Crippen molar-refractivity contribution >= 4 is 17.9 Å². The lowest BCUT2D eigenvalue weighted by molar-refractivity contribution is -0.254. The van der Waals surface area contributed by atoms with E-state index in [9.17, 15) is 19.5 Å². The first kappa shape index (κ1) is 29.1. The molecule has 0 amide bonds. The van der Waals surface area contributed by atoms with Gasteiger partial charge in [0.1, 0.15) is 6.10 Å². The average Bonchev–Trinajstić information content (AvgIpc) is 3.12. The van der Waals surface area contributed by atoms with Crippen molar-refractivity contribution in [3.8, 4) is 0 Å². The minimum Gasteiger partial charge on any atom is -0.458 e. The minimum atomic E-state index is -1.17. The van der Waals surface area contributed by atoms with Gasteiger partial charge in [0.05, 0.1) is 17.4 Å². The molecule has 1 aliphatic heterocycles. The van der Waals surface area contributed by atoms with Crippen LogP contribution in [-0.2, 0) is 33.3 Å². The average molecular weight is 519 g/mol. The third-order valence-electron chi connectivity index (χ3n) is 8.87. The largest absolute Gasteiger partial charge is 0.458 e. The van der Waals surface area contributed by atoms with E-state index in [4.69, 9.17) is 18.9 Å². The fraction of sp³-hybridized carbons (Fsp3) is 0.690. The molecule has 9 atom stereocenters. The molecule has 0 unspecified atom stereocenters. The summed E-state index contributed by atoms with van der Waals surface area (Å²) in [5.74, 6) is -1.99. The van der Waals surface area contributed by atoms with Crippen LogP contribution in [0.3, 0.4) is 0 Å². The molecular weight excluding hydrogens is 476 g/mol. The maximum absolute atomic E-state index is 12.8. The molecule has 0 bridgehead atoms. The van der Waals surface area contributed by atoms with Gasteiger partial charge in [0.2, 0.25) is 12.6 Å². The lowest BCUT2D eigenvalue weighted by Gasteiger charge is -2.60. The fourth-order valence-corrected chi connectivity index (χ4v) is 6.30. The van der Waals surface area contributed by atoms with Crippen molar-refractivity contribution in [3.63, 3.8) is 0 Å². The number of aliphatic hydroxyl groups excluding tert-OH is 1. The molecule has 2 fully saturated rings. The molecule has 1 spiro atoms. The summed E-state index contributed by atoms with van der Waals surface area (Å²) in [6, 6.07) is 0. The number of hydrogen-bond donors (Lipinski definition) is 1. The Hall–Kier alpha value is -2.45. The van der Waals surface area contributed by atoms with Gasteiger partial charge >= 0.3 is 17.9 Å². The monoisotopic (exact) mass is 518 g/mol. The van der Waals surface area contributed by atoms with Gasteiger partial charge in [-0.05, 0) is 55.9 Å². The van der Waals surface area contributed by atoms with E-state index in [0.717, 1.165) is 5.57 Å². The summed E-state index contributed by atoms with van der Waals surface area (Å²) in [5, 5.41) is 11.7. The van der Waals surface area contributed by atoms with Crippen LogP contribution in [-0.4, -0.2) is 47.8 Å². The number of ether oxygens (including phenoxy) is 4. The lowest BCUT2D eigenvalue weighted by Crippen LogP contribution is -2.63. The van der Waals surface area contributed by atoms with Crippen LogP contribution in [0.1, 0.15) is 74.1 Å². The Kier molecular flexibility index (Phi) is 8.75. The molecule has 3 rings (SSSR count). The Bertz CT molecular complexity index is 982. The first-order chi connectivity index (χ1) is 17.3. The molecular formula is C29H42O8. The van der Waals surface area contributed by atoms with Gasteiger partial charge in [-0.3, -0.25) is 19.1 Å². The van der Waals surface area contributed by atoms with Crippen LogP contribution in [0.25, 0.3) is 0 Å². The molecule has 37 heavy (non-hydrogen) atoms. The summed E-state index contributed by atoms with van der Waals surface area (Å²) in [6.07, 6.45) is 3.89. The second kappa shape index (κ2) is 11.1. The number of carbonyl (C=O) groups is 3. The summed E-state index contributed by atoms with van der Waals surface area (Å²) in [4.78, 5) is 37.0. The van der Waals surface area contributed by atoms with Gasteiger partial charge in [-0.2, -0.15) is 0 Å². The number of esters is 3. The molecule has 8 heteroatoms. The third-order valence-corrected chi connectivity index (χ3v) is 8.87. The molecule has 1 heterocycles. The second-order valence-corrected chi connectivity index (χ2v) is 11.2. The van der Waals surface area contributed by atoms with Gasteiger partial charge in [-0.1, -0.05) is 52.0 Å². The fourth-order valence-electron chi connectivity index (χ4n) is 6.30. The van der Waals surface area contributed by atoms with Crippen LogP contribution in [0.5, 0.6) is 0 Å². The van der Waals surface area contributed by atoms with Gasteiger partial charge in [-0.25, -0.2) is 0 Å². The lowest BCUT2D eigenvalue weighted by atomic mass is 9.45. The standard InChI is InChI=1S/C29H42O8/c1-9-16(3)11-12-28(8)18(5)13-24(32)29-22(26(34-19(6)30)37-27(29)35-20(7)31)14-21(15-23(28)29)36-25(33)17(4)10-2/h9,11,14,17-18,21,23-24,26-27,32H,1,10,12-13,15H2,2-8H3/b16-11-/t17-,18+,21-,23-,24-,26-,27+,28+,29+/m0/s1. The normalized spacial score (nSPS) is 37.9.